The van der Waals surface area contributed by atoms with Crippen molar-refractivity contribution in [3.05, 3.63) is 0 Å². The largest absolute Gasteiger partial charge is 0.346 e. The number of hydrogen-bond donors (Lipinski definition) is 0. The summed E-state index contributed by atoms with van der Waals surface area (Å²) in [7, 11) is -2.89. The van der Waals surface area contributed by atoms with Crippen molar-refractivity contribution < 1.29 is 9.09 Å². The lowest BCUT2D eigenvalue weighted by molar-refractivity contribution is 0.168. The molecule has 0 saturated carbocycles. The molecule has 1 aliphatic rings. The highest BCUT2D eigenvalue weighted by atomic mass is 35.5. The molecule has 0 spiro atoms. The molecule has 0 aromatic carbocycles. The van der Waals surface area contributed by atoms with Gasteiger partial charge in [0, 0.05) is 37.9 Å². The zero-order chi connectivity index (χ0) is 12.7. The molecule has 0 aromatic rings. The van der Waals surface area contributed by atoms with E-state index in [2.05, 4.69) is 6.92 Å². The van der Waals surface area contributed by atoms with E-state index in [0.717, 1.165) is 25.9 Å². The second-order valence-corrected chi connectivity index (χ2v) is 7.09. The van der Waals surface area contributed by atoms with Crippen molar-refractivity contribution in [3.63, 3.8) is 0 Å². The average Bonchev–Trinajstić information content (AvgIpc) is 2.32. The molecule has 1 atom stereocenters. The number of hydrogen-bond acceptors (Lipinski definition) is 2. The third-order valence-electron chi connectivity index (χ3n) is 2.70. The third-order valence-corrected chi connectivity index (χ3v) is 5.79. The second kappa shape index (κ2) is 7.98. The Balaban J connectivity index is 2.80. The second-order valence-electron chi connectivity index (χ2n) is 3.96. The van der Waals surface area contributed by atoms with E-state index in [1.165, 1.54) is 0 Å². The predicted molar refractivity (Wildman–Crippen MR) is 73.1 cm³/mol. The molecule has 1 rings (SSSR count). The fourth-order valence-electron chi connectivity index (χ4n) is 1.96. The molecule has 0 aliphatic carbocycles. The number of nitrogens with zero attached hydrogens (tertiary/aromatic N) is 2. The lowest BCUT2D eigenvalue weighted by atomic mass is 10.4. The van der Waals surface area contributed by atoms with Crippen LogP contribution in [-0.4, -0.2) is 53.9 Å². The van der Waals surface area contributed by atoms with Crippen molar-refractivity contribution in [2.45, 2.75) is 19.8 Å². The van der Waals surface area contributed by atoms with Crippen LogP contribution in [0.5, 0.6) is 0 Å². The summed E-state index contributed by atoms with van der Waals surface area (Å²) in [5, 5.41) is 0. The molecule has 7 heteroatoms. The lowest BCUT2D eigenvalue weighted by Gasteiger charge is -2.40. The standard InChI is InChI=1S/C10H21Cl2N2O2P/c1-2-6-13-7-3-10-16-17(13,15)14(8-4-11)9-5-12/h2-10H2,1H3. The summed E-state index contributed by atoms with van der Waals surface area (Å²) in [6, 6.07) is 0. The van der Waals surface area contributed by atoms with Crippen LogP contribution in [0, 0.1) is 0 Å². The van der Waals surface area contributed by atoms with Crippen molar-refractivity contribution in [1.29, 1.82) is 0 Å². The molecule has 0 bridgehead atoms. The maximum absolute atomic E-state index is 12.9. The molecular weight excluding hydrogens is 282 g/mol. The van der Waals surface area contributed by atoms with Crippen LogP contribution in [0.1, 0.15) is 19.8 Å². The van der Waals surface area contributed by atoms with Gasteiger partial charge in [0.15, 0.2) is 0 Å². The molecule has 1 aliphatic heterocycles. The molecular formula is C10H21Cl2N2O2P. The Labute approximate surface area is 114 Å². The first-order valence-electron chi connectivity index (χ1n) is 6.06. The van der Waals surface area contributed by atoms with Gasteiger partial charge in [0.25, 0.3) is 0 Å². The Morgan fingerprint density at radius 1 is 1.35 bits per heavy atom. The summed E-state index contributed by atoms with van der Waals surface area (Å²) in [5.74, 6) is 0.869. The van der Waals surface area contributed by atoms with Crippen LogP contribution >= 0.6 is 30.9 Å². The van der Waals surface area contributed by atoms with Gasteiger partial charge in [0.1, 0.15) is 0 Å². The van der Waals surface area contributed by atoms with Crippen LogP contribution in [0.4, 0.5) is 0 Å². The topological polar surface area (TPSA) is 32.8 Å². The van der Waals surface area contributed by atoms with Gasteiger partial charge in [-0.15, -0.1) is 23.2 Å². The highest BCUT2D eigenvalue weighted by molar-refractivity contribution is 7.54. The fourth-order valence-corrected chi connectivity index (χ4v) is 5.20. The van der Waals surface area contributed by atoms with E-state index in [9.17, 15) is 4.57 Å². The SMILES string of the molecule is CCCN1CCCOP1(=O)N(CCCl)CCCl. The van der Waals surface area contributed by atoms with Gasteiger partial charge in [-0.3, -0.25) is 4.57 Å². The van der Waals surface area contributed by atoms with E-state index in [4.69, 9.17) is 27.7 Å². The Kier molecular flexibility index (Phi) is 7.39. The Morgan fingerprint density at radius 2 is 2.00 bits per heavy atom. The van der Waals surface area contributed by atoms with Crippen molar-refractivity contribution in [2.75, 3.05) is 44.5 Å². The van der Waals surface area contributed by atoms with Crippen LogP contribution in [0.25, 0.3) is 0 Å². The Hall–Kier alpha value is 0.690. The summed E-state index contributed by atoms with van der Waals surface area (Å²) >= 11 is 11.5. The van der Waals surface area contributed by atoms with E-state index in [0.29, 0.717) is 31.5 Å². The summed E-state index contributed by atoms with van der Waals surface area (Å²) in [5.41, 5.74) is 0. The molecule has 0 aromatic heterocycles. The normalized spacial score (nSPS) is 26.6. The van der Waals surface area contributed by atoms with Gasteiger partial charge < -0.3 is 4.52 Å². The Morgan fingerprint density at radius 3 is 2.53 bits per heavy atom. The fraction of sp³-hybridized carbons (Fsp3) is 1.00. The molecule has 0 N–H and O–H groups in total. The van der Waals surface area contributed by atoms with Crippen LogP contribution in [0.2, 0.25) is 0 Å². The minimum absolute atomic E-state index is 0.435. The maximum Gasteiger partial charge on any atom is 0.346 e. The molecule has 17 heavy (non-hydrogen) atoms. The Bertz CT molecular complexity index is 261. The average molecular weight is 303 g/mol. The zero-order valence-corrected chi connectivity index (χ0v) is 12.7. The highest BCUT2D eigenvalue weighted by Crippen LogP contribution is 2.56. The summed E-state index contributed by atoms with van der Waals surface area (Å²) in [4.78, 5) is 0. The summed E-state index contributed by atoms with van der Waals surface area (Å²) in [6.07, 6.45) is 1.89. The van der Waals surface area contributed by atoms with Gasteiger partial charge in [-0.25, -0.2) is 9.34 Å². The van der Waals surface area contributed by atoms with Gasteiger partial charge in [0.2, 0.25) is 0 Å². The molecule has 0 radical (unpaired) electrons. The number of rotatable bonds is 7. The number of halogens is 2. The molecule has 4 nitrogen and oxygen atoms in total. The monoisotopic (exact) mass is 302 g/mol. The first-order chi connectivity index (χ1) is 8.19. The van der Waals surface area contributed by atoms with Crippen LogP contribution in [0.15, 0.2) is 0 Å². The molecule has 1 heterocycles. The van der Waals surface area contributed by atoms with E-state index in [1.807, 2.05) is 9.34 Å². The van der Waals surface area contributed by atoms with Gasteiger partial charge in [-0.05, 0) is 12.8 Å². The summed E-state index contributed by atoms with van der Waals surface area (Å²) < 4.78 is 22.3. The molecule has 1 fully saturated rings. The van der Waals surface area contributed by atoms with Gasteiger partial charge in [0.05, 0.1) is 6.61 Å². The van der Waals surface area contributed by atoms with Crippen LogP contribution < -0.4 is 0 Å². The van der Waals surface area contributed by atoms with Crippen molar-refractivity contribution in [1.82, 2.24) is 9.34 Å². The minimum Gasteiger partial charge on any atom is -0.306 e. The van der Waals surface area contributed by atoms with E-state index < -0.39 is 7.67 Å². The van der Waals surface area contributed by atoms with Crippen LogP contribution in [0.3, 0.4) is 0 Å². The summed E-state index contributed by atoms with van der Waals surface area (Å²) in [6.45, 7) is 5.34. The van der Waals surface area contributed by atoms with Gasteiger partial charge in [-0.1, -0.05) is 6.92 Å². The number of alkyl halides is 2. The lowest BCUT2D eigenvalue weighted by Crippen LogP contribution is -2.39. The van der Waals surface area contributed by atoms with E-state index >= 15 is 0 Å². The highest BCUT2D eigenvalue weighted by Gasteiger charge is 2.39. The van der Waals surface area contributed by atoms with Crippen molar-refractivity contribution in [2.24, 2.45) is 0 Å². The van der Waals surface area contributed by atoms with Gasteiger partial charge in [-0.2, -0.15) is 0 Å². The van der Waals surface area contributed by atoms with E-state index in [-0.39, 0.29) is 0 Å². The third kappa shape index (κ3) is 4.09. The van der Waals surface area contributed by atoms with Crippen molar-refractivity contribution >= 4 is 30.9 Å². The molecule has 0 amide bonds. The minimum atomic E-state index is -2.89. The predicted octanol–water partition coefficient (Wildman–Crippen LogP) is 3.01. The van der Waals surface area contributed by atoms with E-state index in [1.54, 1.807) is 0 Å². The van der Waals surface area contributed by atoms with Crippen LogP contribution in [-0.2, 0) is 9.09 Å². The smallest absolute Gasteiger partial charge is 0.306 e. The first-order valence-corrected chi connectivity index (χ1v) is 8.66. The molecule has 102 valence electrons. The van der Waals surface area contributed by atoms with Crippen molar-refractivity contribution in [3.8, 4) is 0 Å². The maximum atomic E-state index is 12.9. The quantitative estimate of drug-likeness (QED) is 0.535. The molecule has 1 saturated heterocycles. The molecule has 1 unspecified atom stereocenters. The first kappa shape index (κ1) is 15.7. The van der Waals surface area contributed by atoms with Gasteiger partial charge >= 0.3 is 7.67 Å². The zero-order valence-electron chi connectivity index (χ0n) is 10.3.